The van der Waals surface area contributed by atoms with Gasteiger partial charge in [0, 0.05) is 0 Å². The molecule has 0 radical (unpaired) electrons. The van der Waals surface area contributed by atoms with Gasteiger partial charge in [-0.15, -0.1) is 0 Å². The van der Waals surface area contributed by atoms with Crippen LogP contribution in [-0.4, -0.2) is 14.8 Å². The second-order valence-electron chi connectivity index (χ2n) is 4.93. The van der Waals surface area contributed by atoms with Crippen LogP contribution in [0, 0.1) is 5.41 Å². The number of nitrogens with two attached hydrogens (primary N) is 1. The van der Waals surface area contributed by atoms with E-state index in [1.807, 2.05) is 48.5 Å². The Morgan fingerprint density at radius 3 is 2.55 bits per heavy atom. The number of aromatic nitrogens is 2. The number of aliphatic hydroxyl groups is 1. The number of benzene rings is 2. The molecule has 22 heavy (non-hydrogen) atoms. The highest BCUT2D eigenvalue weighted by atomic mass is 16.3. The molecule has 1 aromatic heterocycles. The lowest BCUT2D eigenvalue weighted by atomic mass is 10.1. The first-order chi connectivity index (χ1) is 10.7. The first kappa shape index (κ1) is 14.1. The Labute approximate surface area is 127 Å². The van der Waals surface area contributed by atoms with Crippen molar-refractivity contribution in [2.45, 2.75) is 13.2 Å². The number of nitrogens with one attached hydrogen (secondary N) is 2. The van der Waals surface area contributed by atoms with E-state index >= 15 is 0 Å². The summed E-state index contributed by atoms with van der Waals surface area (Å²) in [4.78, 5) is 4.21. The van der Waals surface area contributed by atoms with E-state index < -0.39 is 0 Å². The van der Waals surface area contributed by atoms with E-state index in [1.165, 1.54) is 0 Å². The van der Waals surface area contributed by atoms with Crippen LogP contribution in [0.1, 0.15) is 11.1 Å². The molecule has 0 saturated heterocycles. The molecule has 0 spiro atoms. The number of nitrogens with zero attached hydrogens (tertiary/aromatic N) is 2. The van der Waals surface area contributed by atoms with Gasteiger partial charge >= 0.3 is 0 Å². The third-order valence-electron chi connectivity index (χ3n) is 3.55. The Hall–Kier alpha value is -2.86. The molecular formula is C16H17N5O. The molecule has 1 heterocycles. The largest absolute Gasteiger partial charge is 0.392 e. The van der Waals surface area contributed by atoms with Gasteiger partial charge in [0.05, 0.1) is 24.2 Å². The van der Waals surface area contributed by atoms with Crippen LogP contribution in [-0.2, 0) is 13.2 Å². The topological polar surface area (TPSA) is 100.0 Å². The van der Waals surface area contributed by atoms with Crippen molar-refractivity contribution in [2.24, 2.45) is 0 Å². The summed E-state index contributed by atoms with van der Waals surface area (Å²) < 4.78 is 1.62. The minimum Gasteiger partial charge on any atom is -0.392 e. The van der Waals surface area contributed by atoms with Crippen molar-refractivity contribution < 1.29 is 5.11 Å². The second-order valence-corrected chi connectivity index (χ2v) is 4.93. The Morgan fingerprint density at radius 1 is 1.09 bits per heavy atom. The number of para-hydroxylation sites is 2. The molecule has 0 unspecified atom stereocenters. The lowest BCUT2D eigenvalue weighted by molar-refractivity contribution is 0.280. The fourth-order valence-corrected chi connectivity index (χ4v) is 2.38. The molecule has 0 fully saturated rings. The van der Waals surface area contributed by atoms with Gasteiger partial charge in [0.15, 0.2) is 11.3 Å². The molecule has 3 rings (SSSR count). The quantitative estimate of drug-likeness (QED) is 0.583. The molecule has 3 aromatic rings. The summed E-state index contributed by atoms with van der Waals surface area (Å²) in [5, 5.41) is 17.5. The Balaban J connectivity index is 2.00. The van der Waals surface area contributed by atoms with Crippen molar-refractivity contribution in [3.05, 3.63) is 65.1 Å². The van der Waals surface area contributed by atoms with E-state index in [-0.39, 0.29) is 17.9 Å². The highest BCUT2D eigenvalue weighted by Crippen LogP contribution is 2.11. The van der Waals surface area contributed by atoms with Crippen molar-refractivity contribution in [1.82, 2.24) is 9.66 Å². The molecule has 0 saturated carbocycles. The summed E-state index contributed by atoms with van der Waals surface area (Å²) in [7, 11) is 0. The zero-order valence-electron chi connectivity index (χ0n) is 12.0. The number of anilines is 1. The van der Waals surface area contributed by atoms with E-state index in [2.05, 4.69) is 10.4 Å². The zero-order valence-corrected chi connectivity index (χ0v) is 12.0. The van der Waals surface area contributed by atoms with Crippen molar-refractivity contribution in [2.75, 3.05) is 11.2 Å². The average Bonchev–Trinajstić information content (AvgIpc) is 2.55. The Bertz CT molecular complexity index is 872. The third-order valence-corrected chi connectivity index (χ3v) is 3.55. The molecule has 6 heteroatoms. The normalized spacial score (nSPS) is 10.8. The molecule has 112 valence electrons. The summed E-state index contributed by atoms with van der Waals surface area (Å²) >= 11 is 0. The van der Waals surface area contributed by atoms with E-state index in [4.69, 9.17) is 11.1 Å². The highest BCUT2D eigenvalue weighted by Gasteiger charge is 2.06. The zero-order chi connectivity index (χ0) is 15.5. The van der Waals surface area contributed by atoms with Crippen molar-refractivity contribution in [1.29, 1.82) is 5.41 Å². The smallest absolute Gasteiger partial charge is 0.187 e. The fourth-order valence-electron chi connectivity index (χ4n) is 2.38. The van der Waals surface area contributed by atoms with Gasteiger partial charge < -0.3 is 16.3 Å². The van der Waals surface area contributed by atoms with E-state index in [0.29, 0.717) is 6.54 Å². The van der Waals surface area contributed by atoms with Crippen LogP contribution in [0.4, 0.5) is 5.82 Å². The maximum Gasteiger partial charge on any atom is 0.187 e. The van der Waals surface area contributed by atoms with Crippen LogP contribution in [0.3, 0.4) is 0 Å². The summed E-state index contributed by atoms with van der Waals surface area (Å²) in [5.41, 5.74) is 12.4. The van der Waals surface area contributed by atoms with Gasteiger partial charge in [-0.3, -0.25) is 5.41 Å². The van der Waals surface area contributed by atoms with Crippen LogP contribution >= 0.6 is 0 Å². The van der Waals surface area contributed by atoms with Gasteiger partial charge in [-0.2, -0.15) is 0 Å². The molecule has 5 N–H and O–H groups in total. The fraction of sp³-hybridized carbons (Fsp3) is 0.125. The lowest BCUT2D eigenvalue weighted by Gasteiger charge is -2.16. The first-order valence-electron chi connectivity index (χ1n) is 6.94. The molecule has 6 nitrogen and oxygen atoms in total. The predicted molar refractivity (Wildman–Crippen MR) is 85.4 cm³/mol. The van der Waals surface area contributed by atoms with Crippen molar-refractivity contribution >= 4 is 16.9 Å². The molecule has 0 aliphatic rings. The summed E-state index contributed by atoms with van der Waals surface area (Å²) in [6, 6.07) is 15.1. The highest BCUT2D eigenvalue weighted by molar-refractivity contribution is 5.76. The van der Waals surface area contributed by atoms with Gasteiger partial charge in [0.2, 0.25) is 0 Å². The SMILES string of the molecule is N=c1c(N)nc2ccccc2n1NCc1ccccc1CO. The van der Waals surface area contributed by atoms with Crippen LogP contribution < -0.4 is 16.6 Å². The molecular weight excluding hydrogens is 278 g/mol. The van der Waals surface area contributed by atoms with Crippen molar-refractivity contribution in [3.8, 4) is 0 Å². The molecule has 0 aliphatic heterocycles. The van der Waals surface area contributed by atoms with Crippen LogP contribution in [0.2, 0.25) is 0 Å². The Morgan fingerprint density at radius 2 is 1.77 bits per heavy atom. The van der Waals surface area contributed by atoms with Gasteiger partial charge in [-0.25, -0.2) is 9.66 Å². The van der Waals surface area contributed by atoms with Crippen molar-refractivity contribution in [3.63, 3.8) is 0 Å². The van der Waals surface area contributed by atoms with Gasteiger partial charge in [0.25, 0.3) is 0 Å². The lowest BCUT2D eigenvalue weighted by Crippen LogP contribution is -2.32. The van der Waals surface area contributed by atoms with Gasteiger partial charge in [-0.05, 0) is 23.3 Å². The van der Waals surface area contributed by atoms with Crippen LogP contribution in [0.5, 0.6) is 0 Å². The predicted octanol–water partition coefficient (Wildman–Crippen LogP) is 1.33. The van der Waals surface area contributed by atoms with Gasteiger partial charge in [-0.1, -0.05) is 36.4 Å². The number of fused-ring (bicyclic) bond motifs is 1. The molecule has 0 aliphatic carbocycles. The monoisotopic (exact) mass is 295 g/mol. The summed E-state index contributed by atoms with van der Waals surface area (Å²) in [6.45, 7) is 0.455. The molecule has 2 aromatic carbocycles. The molecule has 0 amide bonds. The van der Waals surface area contributed by atoms with Crippen LogP contribution in [0.15, 0.2) is 48.5 Å². The molecule has 0 atom stereocenters. The van der Waals surface area contributed by atoms with Crippen LogP contribution in [0.25, 0.3) is 11.0 Å². The summed E-state index contributed by atoms with van der Waals surface area (Å²) in [6.07, 6.45) is 0. The Kier molecular flexibility index (Phi) is 3.76. The first-order valence-corrected chi connectivity index (χ1v) is 6.94. The van der Waals surface area contributed by atoms with E-state index in [1.54, 1.807) is 4.68 Å². The minimum atomic E-state index is -0.0184. The maximum absolute atomic E-state index is 9.38. The standard InChI is InChI=1S/C16H17N5O/c17-15-16(18)21(14-8-4-3-7-13(14)20-15)19-9-11-5-1-2-6-12(11)10-22/h1-8,18-19,22H,9-10H2,(H2,17,20). The average molecular weight is 295 g/mol. The summed E-state index contributed by atoms with van der Waals surface area (Å²) in [5.74, 6) is 0.168. The van der Waals surface area contributed by atoms with Gasteiger partial charge in [0.1, 0.15) is 0 Å². The number of nitrogen functional groups attached to an aromatic ring is 1. The van der Waals surface area contributed by atoms with E-state index in [0.717, 1.165) is 22.2 Å². The molecule has 0 bridgehead atoms. The number of hydrogen-bond donors (Lipinski definition) is 4. The second kappa shape index (κ2) is 5.87. The third kappa shape index (κ3) is 2.51. The number of aliphatic hydroxyl groups excluding tert-OH is 1. The number of rotatable bonds is 4. The maximum atomic E-state index is 9.38. The minimum absolute atomic E-state index is 0.0184. The van der Waals surface area contributed by atoms with E-state index in [9.17, 15) is 5.11 Å². The number of hydrogen-bond acceptors (Lipinski definition) is 5.